The molecule has 1 amide bonds. The van der Waals surface area contributed by atoms with E-state index in [0.29, 0.717) is 12.8 Å². The number of carbonyl (C=O) groups is 1. The summed E-state index contributed by atoms with van der Waals surface area (Å²) < 4.78 is 18.5. The third-order valence-corrected chi connectivity index (χ3v) is 4.32. The van der Waals surface area contributed by atoms with Gasteiger partial charge in [-0.25, -0.2) is 4.39 Å². The number of hydrogen-bond acceptors (Lipinski definition) is 3. The molecule has 0 spiro atoms. The lowest BCUT2D eigenvalue weighted by Crippen LogP contribution is -2.29. The van der Waals surface area contributed by atoms with Crippen LogP contribution in [0.2, 0.25) is 0 Å². The summed E-state index contributed by atoms with van der Waals surface area (Å²) in [6.45, 7) is 0. The monoisotopic (exact) mass is 364 g/mol. The first-order valence-electron chi connectivity index (χ1n) is 8.73. The molecule has 0 radical (unpaired) electrons. The molecular formula is C22H21FN2O2. The summed E-state index contributed by atoms with van der Waals surface area (Å²) in [5.41, 5.74) is 2.73. The average molecular weight is 364 g/mol. The summed E-state index contributed by atoms with van der Waals surface area (Å²) in [6.07, 6.45) is 4.42. The number of nitrogens with zero attached hydrogens (tertiary/aromatic N) is 1. The number of aryl methyl sites for hydroxylation is 1. The first-order valence-corrected chi connectivity index (χ1v) is 8.73. The van der Waals surface area contributed by atoms with E-state index in [-0.39, 0.29) is 17.8 Å². The summed E-state index contributed by atoms with van der Waals surface area (Å²) in [7, 11) is 1.60. The molecule has 0 bridgehead atoms. The standard InChI is InChI=1S/C22H21FN2O2/c1-27-20-11-7-18(8-12-20)22(17-5-9-19(23)10-6-17)25-21(26)13-4-16-3-2-14-24-15-16/h2-3,5-12,14-15,22H,4,13H2,1H3,(H,25,26). The quantitative estimate of drug-likeness (QED) is 0.688. The first kappa shape index (κ1) is 18.6. The Balaban J connectivity index is 1.76. The third-order valence-electron chi connectivity index (χ3n) is 4.32. The van der Waals surface area contributed by atoms with Crippen LogP contribution in [-0.2, 0) is 11.2 Å². The van der Waals surface area contributed by atoms with Crippen molar-refractivity contribution in [2.75, 3.05) is 7.11 Å². The van der Waals surface area contributed by atoms with Crippen molar-refractivity contribution in [1.82, 2.24) is 10.3 Å². The predicted octanol–water partition coefficient (Wildman–Crippen LogP) is 4.07. The third kappa shape index (κ3) is 5.14. The second-order valence-corrected chi connectivity index (χ2v) is 6.19. The molecule has 3 rings (SSSR count). The Morgan fingerprint density at radius 2 is 1.74 bits per heavy atom. The Bertz CT molecular complexity index is 865. The molecule has 138 valence electrons. The molecule has 0 aliphatic rings. The molecule has 0 saturated heterocycles. The fourth-order valence-electron chi connectivity index (χ4n) is 2.85. The highest BCUT2D eigenvalue weighted by molar-refractivity contribution is 5.77. The van der Waals surface area contributed by atoms with E-state index in [1.165, 1.54) is 12.1 Å². The number of hydrogen-bond donors (Lipinski definition) is 1. The summed E-state index contributed by atoms with van der Waals surface area (Å²) in [4.78, 5) is 16.6. The lowest BCUT2D eigenvalue weighted by molar-refractivity contribution is -0.121. The number of ether oxygens (including phenoxy) is 1. The normalized spacial score (nSPS) is 11.6. The maximum absolute atomic E-state index is 13.3. The molecule has 27 heavy (non-hydrogen) atoms. The van der Waals surface area contributed by atoms with Crippen LogP contribution in [0.3, 0.4) is 0 Å². The van der Waals surface area contributed by atoms with Crippen molar-refractivity contribution in [2.45, 2.75) is 18.9 Å². The van der Waals surface area contributed by atoms with E-state index in [1.54, 1.807) is 31.6 Å². The number of rotatable bonds is 7. The first-order chi connectivity index (χ1) is 13.2. The number of carbonyl (C=O) groups excluding carboxylic acids is 1. The van der Waals surface area contributed by atoms with Crippen LogP contribution in [0.1, 0.15) is 29.2 Å². The average Bonchev–Trinajstić information content (AvgIpc) is 2.72. The van der Waals surface area contributed by atoms with Gasteiger partial charge in [-0.3, -0.25) is 9.78 Å². The highest BCUT2D eigenvalue weighted by atomic mass is 19.1. The van der Waals surface area contributed by atoms with Crippen molar-refractivity contribution < 1.29 is 13.9 Å². The SMILES string of the molecule is COc1ccc(C(NC(=O)CCc2cccnc2)c2ccc(F)cc2)cc1. The van der Waals surface area contributed by atoms with Gasteiger partial charge >= 0.3 is 0 Å². The molecule has 0 saturated carbocycles. The van der Waals surface area contributed by atoms with Gasteiger partial charge in [0.15, 0.2) is 0 Å². The van der Waals surface area contributed by atoms with Crippen LogP contribution in [0.4, 0.5) is 4.39 Å². The van der Waals surface area contributed by atoms with Crippen LogP contribution < -0.4 is 10.1 Å². The van der Waals surface area contributed by atoms with Crippen LogP contribution in [0.15, 0.2) is 73.1 Å². The zero-order valence-corrected chi connectivity index (χ0v) is 15.1. The Labute approximate surface area is 158 Å². The van der Waals surface area contributed by atoms with Crippen molar-refractivity contribution in [1.29, 1.82) is 0 Å². The van der Waals surface area contributed by atoms with Crippen molar-refractivity contribution in [3.8, 4) is 5.75 Å². The van der Waals surface area contributed by atoms with E-state index in [2.05, 4.69) is 10.3 Å². The number of halogens is 1. The Kier molecular flexibility index (Phi) is 6.15. The fraction of sp³-hybridized carbons (Fsp3) is 0.182. The van der Waals surface area contributed by atoms with E-state index in [4.69, 9.17) is 4.74 Å². The van der Waals surface area contributed by atoms with Crippen LogP contribution in [0, 0.1) is 5.82 Å². The van der Waals surface area contributed by atoms with Crippen LogP contribution in [0.5, 0.6) is 5.75 Å². The van der Waals surface area contributed by atoms with Gasteiger partial charge < -0.3 is 10.1 Å². The fourth-order valence-corrected chi connectivity index (χ4v) is 2.85. The number of pyridine rings is 1. The number of benzene rings is 2. The maximum Gasteiger partial charge on any atom is 0.221 e. The van der Waals surface area contributed by atoms with Gasteiger partial charge in [-0.15, -0.1) is 0 Å². The minimum Gasteiger partial charge on any atom is -0.497 e. The van der Waals surface area contributed by atoms with Crippen LogP contribution in [0.25, 0.3) is 0 Å². The molecular weight excluding hydrogens is 343 g/mol. The van der Waals surface area contributed by atoms with Crippen LogP contribution in [-0.4, -0.2) is 18.0 Å². The summed E-state index contributed by atoms with van der Waals surface area (Å²) in [5.74, 6) is 0.346. The lowest BCUT2D eigenvalue weighted by Gasteiger charge is -2.20. The highest BCUT2D eigenvalue weighted by Gasteiger charge is 2.17. The molecule has 1 aromatic heterocycles. The number of nitrogens with one attached hydrogen (secondary N) is 1. The molecule has 2 aromatic carbocycles. The Hall–Kier alpha value is -3.21. The van der Waals surface area contributed by atoms with Gasteiger partial charge in [0, 0.05) is 18.8 Å². The smallest absolute Gasteiger partial charge is 0.221 e. The zero-order valence-electron chi connectivity index (χ0n) is 15.1. The molecule has 1 heterocycles. The van der Waals surface area contributed by atoms with Crippen molar-refractivity contribution in [2.24, 2.45) is 0 Å². The lowest BCUT2D eigenvalue weighted by atomic mass is 9.98. The second kappa shape index (κ2) is 8.94. The van der Waals surface area contributed by atoms with E-state index in [9.17, 15) is 9.18 Å². The summed E-state index contributed by atoms with van der Waals surface area (Å²) in [5, 5.41) is 3.05. The molecule has 5 heteroatoms. The Morgan fingerprint density at radius 1 is 1.07 bits per heavy atom. The minimum absolute atomic E-state index is 0.0796. The van der Waals surface area contributed by atoms with Gasteiger partial charge in [-0.2, -0.15) is 0 Å². The molecule has 4 nitrogen and oxygen atoms in total. The molecule has 0 aliphatic carbocycles. The topological polar surface area (TPSA) is 51.2 Å². The predicted molar refractivity (Wildman–Crippen MR) is 102 cm³/mol. The zero-order chi connectivity index (χ0) is 19.1. The second-order valence-electron chi connectivity index (χ2n) is 6.19. The Morgan fingerprint density at radius 3 is 2.33 bits per heavy atom. The minimum atomic E-state index is -0.363. The van der Waals surface area contributed by atoms with Crippen molar-refractivity contribution >= 4 is 5.91 Å². The van der Waals surface area contributed by atoms with Gasteiger partial charge in [-0.1, -0.05) is 30.3 Å². The molecule has 3 aromatic rings. The number of aromatic nitrogens is 1. The largest absolute Gasteiger partial charge is 0.497 e. The molecule has 0 fully saturated rings. The van der Waals surface area contributed by atoms with Crippen molar-refractivity contribution in [3.05, 3.63) is 95.6 Å². The van der Waals surface area contributed by atoms with Gasteiger partial charge in [0.2, 0.25) is 5.91 Å². The van der Waals surface area contributed by atoms with Gasteiger partial charge in [0.1, 0.15) is 11.6 Å². The number of methoxy groups -OCH3 is 1. The van der Waals surface area contributed by atoms with E-state index in [1.807, 2.05) is 36.4 Å². The highest BCUT2D eigenvalue weighted by Crippen LogP contribution is 2.24. The van der Waals surface area contributed by atoms with E-state index >= 15 is 0 Å². The molecule has 1 unspecified atom stereocenters. The molecule has 0 aliphatic heterocycles. The van der Waals surface area contributed by atoms with Crippen LogP contribution >= 0.6 is 0 Å². The van der Waals surface area contributed by atoms with Gasteiger partial charge in [-0.05, 0) is 53.4 Å². The van der Waals surface area contributed by atoms with Gasteiger partial charge in [0.05, 0.1) is 13.2 Å². The van der Waals surface area contributed by atoms with E-state index in [0.717, 1.165) is 22.4 Å². The van der Waals surface area contributed by atoms with Gasteiger partial charge in [0.25, 0.3) is 0 Å². The summed E-state index contributed by atoms with van der Waals surface area (Å²) >= 11 is 0. The molecule has 1 atom stereocenters. The van der Waals surface area contributed by atoms with Crippen molar-refractivity contribution in [3.63, 3.8) is 0 Å². The maximum atomic E-state index is 13.3. The molecule has 1 N–H and O–H groups in total. The number of amides is 1. The summed E-state index contributed by atoms with van der Waals surface area (Å²) in [6, 6.07) is 17.1. The van der Waals surface area contributed by atoms with E-state index < -0.39 is 0 Å².